The lowest BCUT2D eigenvalue weighted by atomic mass is 10.0. The van der Waals surface area contributed by atoms with Crippen molar-refractivity contribution in [3.8, 4) is 0 Å². The van der Waals surface area contributed by atoms with Gasteiger partial charge in [-0.3, -0.25) is 4.79 Å². The fraction of sp³-hybridized carbons (Fsp3) is 0.385. The number of benzene rings is 1. The van der Waals surface area contributed by atoms with Gasteiger partial charge in [-0.15, -0.1) is 0 Å². The van der Waals surface area contributed by atoms with Gasteiger partial charge in [0.15, 0.2) is 9.84 Å². The maximum absolute atomic E-state index is 11.9. The Morgan fingerprint density at radius 3 is 2.60 bits per heavy atom. The molecule has 0 radical (unpaired) electrons. The summed E-state index contributed by atoms with van der Waals surface area (Å²) < 4.78 is 22.6. The van der Waals surface area contributed by atoms with Gasteiger partial charge < -0.3 is 10.4 Å². The zero-order chi connectivity index (χ0) is 14.8. The smallest absolute Gasteiger partial charge is 0.337 e. The molecular formula is C13H15NO5S. The molecule has 1 amide bonds. The van der Waals surface area contributed by atoms with E-state index in [0.29, 0.717) is 6.42 Å². The molecule has 1 fully saturated rings. The van der Waals surface area contributed by atoms with Gasteiger partial charge in [0.25, 0.3) is 0 Å². The van der Waals surface area contributed by atoms with Crippen LogP contribution in [0.4, 0.5) is 5.69 Å². The second kappa shape index (κ2) is 5.62. The molecule has 0 aliphatic carbocycles. The molecule has 0 saturated carbocycles. The number of carboxylic acid groups (broad SMARTS) is 1. The first kappa shape index (κ1) is 14.5. The highest BCUT2D eigenvalue weighted by molar-refractivity contribution is 7.91. The standard InChI is InChI=1S/C13H15NO5S/c15-12(7-9-5-6-20(18,19)8-9)14-11-4-2-1-3-10(11)13(16)17/h1-4,9H,5-8H2,(H,14,15)(H,16,17)/t9-/m1/s1. The van der Waals surface area contributed by atoms with E-state index in [-0.39, 0.29) is 41.0 Å². The SMILES string of the molecule is O=C(C[C@H]1CCS(=O)(=O)C1)Nc1ccccc1C(=O)O. The number of hydrogen-bond donors (Lipinski definition) is 2. The van der Waals surface area contributed by atoms with Gasteiger partial charge in [-0.1, -0.05) is 12.1 Å². The van der Waals surface area contributed by atoms with E-state index >= 15 is 0 Å². The molecule has 1 saturated heterocycles. The average molecular weight is 297 g/mol. The van der Waals surface area contributed by atoms with Crippen LogP contribution in [-0.4, -0.2) is 36.9 Å². The van der Waals surface area contributed by atoms with E-state index in [1.54, 1.807) is 12.1 Å². The number of hydrogen-bond acceptors (Lipinski definition) is 4. The Morgan fingerprint density at radius 2 is 2.00 bits per heavy atom. The number of amides is 1. The Morgan fingerprint density at radius 1 is 1.30 bits per heavy atom. The maximum atomic E-state index is 11.9. The normalized spacial score (nSPS) is 20.5. The molecule has 0 unspecified atom stereocenters. The van der Waals surface area contributed by atoms with Gasteiger partial charge in [-0.05, 0) is 24.5 Å². The minimum Gasteiger partial charge on any atom is -0.478 e. The van der Waals surface area contributed by atoms with Crippen LogP contribution in [0.5, 0.6) is 0 Å². The molecule has 0 spiro atoms. The minimum atomic E-state index is -3.01. The summed E-state index contributed by atoms with van der Waals surface area (Å²) in [5.41, 5.74) is 0.241. The van der Waals surface area contributed by atoms with Crippen molar-refractivity contribution in [1.29, 1.82) is 0 Å². The number of carboxylic acids is 1. The number of aromatic carboxylic acids is 1. The highest BCUT2D eigenvalue weighted by atomic mass is 32.2. The average Bonchev–Trinajstić information content (AvgIpc) is 2.68. The Labute approximate surface area is 116 Å². The van der Waals surface area contributed by atoms with Crippen molar-refractivity contribution in [2.75, 3.05) is 16.8 Å². The van der Waals surface area contributed by atoms with E-state index in [1.165, 1.54) is 12.1 Å². The highest BCUT2D eigenvalue weighted by Crippen LogP contribution is 2.23. The Hall–Kier alpha value is -1.89. The highest BCUT2D eigenvalue weighted by Gasteiger charge is 2.29. The molecule has 1 atom stereocenters. The first-order valence-electron chi connectivity index (χ1n) is 6.20. The summed E-state index contributed by atoms with van der Waals surface area (Å²) in [6.07, 6.45) is 0.573. The van der Waals surface area contributed by atoms with Crippen molar-refractivity contribution in [3.63, 3.8) is 0 Å². The van der Waals surface area contributed by atoms with E-state index in [4.69, 9.17) is 5.11 Å². The summed E-state index contributed by atoms with van der Waals surface area (Å²) in [5, 5.41) is 11.5. The van der Waals surface area contributed by atoms with Gasteiger partial charge in [-0.2, -0.15) is 0 Å². The second-order valence-electron chi connectivity index (χ2n) is 4.87. The van der Waals surface area contributed by atoms with Gasteiger partial charge in [-0.25, -0.2) is 13.2 Å². The molecule has 1 aromatic rings. The number of carbonyl (C=O) groups excluding carboxylic acids is 1. The molecule has 1 aliphatic rings. The number of carbonyl (C=O) groups is 2. The lowest BCUT2D eigenvalue weighted by Crippen LogP contribution is -2.18. The zero-order valence-corrected chi connectivity index (χ0v) is 11.5. The van der Waals surface area contributed by atoms with Crippen LogP contribution in [0.15, 0.2) is 24.3 Å². The molecule has 7 heteroatoms. The summed E-state index contributed by atoms with van der Waals surface area (Å²) in [4.78, 5) is 22.9. The molecule has 0 aromatic heterocycles. The largest absolute Gasteiger partial charge is 0.478 e. The molecule has 1 aromatic carbocycles. The van der Waals surface area contributed by atoms with Crippen molar-refractivity contribution in [1.82, 2.24) is 0 Å². The third-order valence-electron chi connectivity index (χ3n) is 3.23. The lowest BCUT2D eigenvalue weighted by Gasteiger charge is -2.10. The summed E-state index contributed by atoms with van der Waals surface area (Å²) in [6.45, 7) is 0. The predicted molar refractivity (Wildman–Crippen MR) is 73.4 cm³/mol. The molecule has 1 aliphatic heterocycles. The van der Waals surface area contributed by atoms with E-state index in [1.807, 2.05) is 0 Å². The molecule has 0 bridgehead atoms. The van der Waals surface area contributed by atoms with Crippen LogP contribution in [0, 0.1) is 5.92 Å². The van der Waals surface area contributed by atoms with Gasteiger partial charge >= 0.3 is 5.97 Å². The van der Waals surface area contributed by atoms with Gasteiger partial charge in [0.1, 0.15) is 0 Å². The van der Waals surface area contributed by atoms with Crippen LogP contribution in [0.25, 0.3) is 0 Å². The van der Waals surface area contributed by atoms with Crippen molar-refractivity contribution >= 4 is 27.4 Å². The van der Waals surface area contributed by atoms with Crippen LogP contribution < -0.4 is 5.32 Å². The summed E-state index contributed by atoms with van der Waals surface area (Å²) in [5.74, 6) is -1.51. The van der Waals surface area contributed by atoms with Crippen molar-refractivity contribution in [2.45, 2.75) is 12.8 Å². The van der Waals surface area contributed by atoms with Gasteiger partial charge in [0.2, 0.25) is 5.91 Å². The van der Waals surface area contributed by atoms with Crippen LogP contribution in [0.2, 0.25) is 0 Å². The van der Waals surface area contributed by atoms with Crippen molar-refractivity contribution in [2.24, 2.45) is 5.92 Å². The third-order valence-corrected chi connectivity index (χ3v) is 5.07. The Balaban J connectivity index is 2.01. The van der Waals surface area contributed by atoms with E-state index in [2.05, 4.69) is 5.32 Å². The maximum Gasteiger partial charge on any atom is 0.337 e. The summed E-state index contributed by atoms with van der Waals surface area (Å²) in [6, 6.07) is 6.11. The first-order valence-corrected chi connectivity index (χ1v) is 8.02. The van der Waals surface area contributed by atoms with Gasteiger partial charge in [0.05, 0.1) is 22.8 Å². The molecule has 1 heterocycles. The number of para-hydroxylation sites is 1. The van der Waals surface area contributed by atoms with E-state index < -0.39 is 15.8 Å². The first-order chi connectivity index (χ1) is 9.37. The van der Waals surface area contributed by atoms with Crippen LogP contribution >= 0.6 is 0 Å². The summed E-state index contributed by atoms with van der Waals surface area (Å²) in [7, 11) is -3.01. The second-order valence-corrected chi connectivity index (χ2v) is 7.10. The number of anilines is 1. The summed E-state index contributed by atoms with van der Waals surface area (Å²) >= 11 is 0. The Kier molecular flexibility index (Phi) is 4.08. The fourth-order valence-corrected chi connectivity index (χ4v) is 4.14. The van der Waals surface area contributed by atoms with E-state index in [9.17, 15) is 18.0 Å². The van der Waals surface area contributed by atoms with Crippen LogP contribution in [0.1, 0.15) is 23.2 Å². The van der Waals surface area contributed by atoms with Crippen molar-refractivity contribution < 1.29 is 23.1 Å². The molecule has 20 heavy (non-hydrogen) atoms. The quantitative estimate of drug-likeness (QED) is 0.868. The fourth-order valence-electron chi connectivity index (χ4n) is 2.28. The Bertz CT molecular complexity index is 638. The zero-order valence-electron chi connectivity index (χ0n) is 10.7. The van der Waals surface area contributed by atoms with E-state index in [0.717, 1.165) is 0 Å². The molecule has 2 rings (SSSR count). The third kappa shape index (κ3) is 3.57. The van der Waals surface area contributed by atoms with Crippen LogP contribution in [0.3, 0.4) is 0 Å². The number of sulfone groups is 1. The lowest BCUT2D eigenvalue weighted by molar-refractivity contribution is -0.116. The minimum absolute atomic E-state index is 0.0138. The number of nitrogens with one attached hydrogen (secondary N) is 1. The van der Waals surface area contributed by atoms with Gasteiger partial charge in [0, 0.05) is 6.42 Å². The molecular weight excluding hydrogens is 282 g/mol. The van der Waals surface area contributed by atoms with Crippen LogP contribution in [-0.2, 0) is 14.6 Å². The molecule has 2 N–H and O–H groups in total. The monoisotopic (exact) mass is 297 g/mol. The topological polar surface area (TPSA) is 101 Å². The molecule has 108 valence electrons. The number of rotatable bonds is 4. The predicted octanol–water partition coefficient (Wildman–Crippen LogP) is 1.15. The van der Waals surface area contributed by atoms with Crippen molar-refractivity contribution in [3.05, 3.63) is 29.8 Å². The molecule has 6 nitrogen and oxygen atoms in total.